The predicted molar refractivity (Wildman–Crippen MR) is 70.2 cm³/mol. The Balaban J connectivity index is 2.16. The summed E-state index contributed by atoms with van der Waals surface area (Å²) in [5, 5.41) is 0. The van der Waals surface area contributed by atoms with E-state index < -0.39 is 0 Å². The molecule has 0 saturated carbocycles. The maximum absolute atomic E-state index is 11.3. The number of carbonyl (C=O) groups is 1. The van der Waals surface area contributed by atoms with E-state index >= 15 is 0 Å². The quantitative estimate of drug-likeness (QED) is 0.745. The van der Waals surface area contributed by atoms with Gasteiger partial charge in [-0.2, -0.15) is 0 Å². The second kappa shape index (κ2) is 5.40. The molecule has 0 radical (unpaired) electrons. The highest BCUT2D eigenvalue weighted by molar-refractivity contribution is 5.64. The smallest absolute Gasteiger partial charge is 0.142 e. The van der Waals surface area contributed by atoms with E-state index in [1.54, 1.807) is 7.11 Å². The molecule has 1 aromatic rings. The number of hydrogen-bond donors (Lipinski definition) is 0. The molecule has 1 atom stereocenters. The Labute approximate surface area is 107 Å². The molecule has 0 aromatic heterocycles. The van der Waals surface area contributed by atoms with E-state index in [9.17, 15) is 4.79 Å². The molecule has 0 amide bonds. The molecule has 4 nitrogen and oxygen atoms in total. The summed E-state index contributed by atoms with van der Waals surface area (Å²) < 4.78 is 10.7. The van der Waals surface area contributed by atoms with Crippen LogP contribution in [0.25, 0.3) is 0 Å². The number of nitrogens with zero attached hydrogens (tertiary/aromatic N) is 1. The van der Waals surface area contributed by atoms with Crippen molar-refractivity contribution in [2.75, 3.05) is 38.8 Å². The highest BCUT2D eigenvalue weighted by Crippen LogP contribution is 2.32. The van der Waals surface area contributed by atoms with Gasteiger partial charge in [0.1, 0.15) is 12.0 Å². The van der Waals surface area contributed by atoms with E-state index in [1.165, 1.54) is 0 Å². The molecule has 0 bridgehead atoms. The molecule has 4 heteroatoms. The first kappa shape index (κ1) is 12.9. The lowest BCUT2D eigenvalue weighted by Gasteiger charge is -2.29. The largest absolute Gasteiger partial charge is 0.495 e. The number of anilines is 1. The van der Waals surface area contributed by atoms with Gasteiger partial charge in [-0.1, -0.05) is 12.1 Å². The van der Waals surface area contributed by atoms with Crippen LogP contribution in [0.3, 0.4) is 0 Å². The number of methoxy groups -OCH3 is 1. The molecule has 1 aliphatic rings. The topological polar surface area (TPSA) is 38.8 Å². The van der Waals surface area contributed by atoms with Gasteiger partial charge in [0.15, 0.2) is 0 Å². The number of aldehydes is 1. The Morgan fingerprint density at radius 2 is 2.28 bits per heavy atom. The minimum atomic E-state index is -0.379. The Bertz CT molecular complexity index is 413. The summed E-state index contributed by atoms with van der Waals surface area (Å²) in [4.78, 5) is 13.4. The first-order chi connectivity index (χ1) is 8.71. The number of carbonyl (C=O) groups excluding carboxylic acids is 1. The van der Waals surface area contributed by atoms with Gasteiger partial charge in [-0.15, -0.1) is 0 Å². The van der Waals surface area contributed by atoms with Gasteiger partial charge in [0.05, 0.1) is 24.8 Å². The maximum atomic E-state index is 11.3. The van der Waals surface area contributed by atoms with Crippen molar-refractivity contribution in [2.24, 2.45) is 5.41 Å². The Kier molecular flexibility index (Phi) is 3.87. The molecule has 1 saturated heterocycles. The highest BCUT2D eigenvalue weighted by atomic mass is 16.5. The Morgan fingerprint density at radius 3 is 2.89 bits per heavy atom. The van der Waals surface area contributed by atoms with Crippen LogP contribution in [-0.4, -0.2) is 40.2 Å². The zero-order valence-electron chi connectivity index (χ0n) is 10.9. The molecule has 0 N–H and O–H groups in total. The molecule has 0 aliphatic carbocycles. The lowest BCUT2D eigenvalue weighted by atomic mass is 9.88. The van der Waals surface area contributed by atoms with Crippen molar-refractivity contribution in [3.63, 3.8) is 0 Å². The van der Waals surface area contributed by atoms with Crippen LogP contribution < -0.4 is 9.64 Å². The van der Waals surface area contributed by atoms with Crippen LogP contribution in [0.1, 0.15) is 6.42 Å². The van der Waals surface area contributed by atoms with E-state index in [0.29, 0.717) is 19.8 Å². The fraction of sp³-hybridized carbons (Fsp3) is 0.500. The molecule has 1 fully saturated rings. The van der Waals surface area contributed by atoms with Gasteiger partial charge in [-0.25, -0.2) is 0 Å². The lowest BCUT2D eigenvalue weighted by molar-refractivity contribution is -0.115. The molecular formula is C14H19NO3. The predicted octanol–water partition coefficient (Wildman–Crippen LogP) is 1.74. The van der Waals surface area contributed by atoms with Gasteiger partial charge in [0.2, 0.25) is 0 Å². The summed E-state index contributed by atoms with van der Waals surface area (Å²) in [6.45, 7) is 1.82. The molecule has 1 heterocycles. The van der Waals surface area contributed by atoms with E-state index in [0.717, 1.165) is 24.1 Å². The second-order valence-electron chi connectivity index (χ2n) is 4.81. The maximum Gasteiger partial charge on any atom is 0.142 e. The van der Waals surface area contributed by atoms with Crippen molar-refractivity contribution in [1.82, 2.24) is 0 Å². The van der Waals surface area contributed by atoms with Crippen LogP contribution in [0.2, 0.25) is 0 Å². The number of ether oxygens (including phenoxy) is 2. The first-order valence-electron chi connectivity index (χ1n) is 6.09. The van der Waals surface area contributed by atoms with Gasteiger partial charge >= 0.3 is 0 Å². The van der Waals surface area contributed by atoms with Crippen molar-refractivity contribution in [3.8, 4) is 5.75 Å². The second-order valence-corrected chi connectivity index (χ2v) is 4.81. The van der Waals surface area contributed by atoms with Crippen LogP contribution in [0.4, 0.5) is 5.69 Å². The summed E-state index contributed by atoms with van der Waals surface area (Å²) in [5.74, 6) is 0.819. The number of para-hydroxylation sites is 2. The van der Waals surface area contributed by atoms with Crippen LogP contribution in [-0.2, 0) is 9.53 Å². The summed E-state index contributed by atoms with van der Waals surface area (Å²) in [6, 6.07) is 7.81. The molecule has 98 valence electrons. The fourth-order valence-electron chi connectivity index (χ4n) is 2.38. The third-order valence-corrected chi connectivity index (χ3v) is 3.43. The average molecular weight is 249 g/mol. The van der Waals surface area contributed by atoms with Gasteiger partial charge in [0.25, 0.3) is 0 Å². The highest BCUT2D eigenvalue weighted by Gasteiger charge is 2.36. The van der Waals surface area contributed by atoms with Crippen molar-refractivity contribution in [1.29, 1.82) is 0 Å². The summed E-state index contributed by atoms with van der Waals surface area (Å²) in [6.07, 6.45) is 1.82. The van der Waals surface area contributed by atoms with Crippen molar-refractivity contribution < 1.29 is 14.3 Å². The lowest BCUT2D eigenvalue weighted by Crippen LogP contribution is -2.37. The summed E-state index contributed by atoms with van der Waals surface area (Å²) >= 11 is 0. The third-order valence-electron chi connectivity index (χ3n) is 3.43. The Morgan fingerprint density at radius 1 is 1.50 bits per heavy atom. The zero-order chi connectivity index (χ0) is 13.0. The van der Waals surface area contributed by atoms with Crippen LogP contribution in [0, 0.1) is 5.41 Å². The minimum absolute atomic E-state index is 0.379. The monoisotopic (exact) mass is 249 g/mol. The van der Waals surface area contributed by atoms with Crippen LogP contribution >= 0.6 is 0 Å². The van der Waals surface area contributed by atoms with E-state index in [2.05, 4.69) is 4.90 Å². The minimum Gasteiger partial charge on any atom is -0.495 e. The zero-order valence-corrected chi connectivity index (χ0v) is 10.9. The van der Waals surface area contributed by atoms with Crippen LogP contribution in [0.15, 0.2) is 24.3 Å². The SMILES string of the molecule is COc1ccccc1N(C)CC1(C=O)CCOC1. The molecule has 18 heavy (non-hydrogen) atoms. The van der Waals surface area contributed by atoms with Crippen molar-refractivity contribution in [3.05, 3.63) is 24.3 Å². The normalized spacial score (nSPS) is 22.8. The third kappa shape index (κ3) is 2.48. The van der Waals surface area contributed by atoms with Gasteiger partial charge in [0, 0.05) is 20.2 Å². The molecule has 0 spiro atoms. The summed E-state index contributed by atoms with van der Waals surface area (Å²) in [7, 11) is 3.63. The Hall–Kier alpha value is -1.55. The van der Waals surface area contributed by atoms with Gasteiger partial charge in [-0.05, 0) is 18.6 Å². The van der Waals surface area contributed by atoms with Crippen LogP contribution in [0.5, 0.6) is 5.75 Å². The number of hydrogen-bond acceptors (Lipinski definition) is 4. The molecule has 2 rings (SSSR count). The molecule has 1 unspecified atom stereocenters. The molecule has 1 aromatic carbocycles. The number of benzene rings is 1. The number of rotatable bonds is 5. The van der Waals surface area contributed by atoms with E-state index in [-0.39, 0.29) is 5.41 Å². The van der Waals surface area contributed by atoms with Crippen molar-refractivity contribution in [2.45, 2.75) is 6.42 Å². The summed E-state index contributed by atoms with van der Waals surface area (Å²) in [5.41, 5.74) is 0.614. The van der Waals surface area contributed by atoms with E-state index in [1.807, 2.05) is 31.3 Å². The van der Waals surface area contributed by atoms with Gasteiger partial charge in [-0.3, -0.25) is 0 Å². The average Bonchev–Trinajstić information content (AvgIpc) is 2.87. The van der Waals surface area contributed by atoms with Gasteiger partial charge < -0.3 is 19.2 Å². The first-order valence-corrected chi connectivity index (χ1v) is 6.09. The van der Waals surface area contributed by atoms with Crippen molar-refractivity contribution >= 4 is 12.0 Å². The molecular weight excluding hydrogens is 230 g/mol. The van der Waals surface area contributed by atoms with E-state index in [4.69, 9.17) is 9.47 Å². The standard InChI is InChI=1S/C14H19NO3/c1-15(9-14(10-16)7-8-18-11-14)12-5-3-4-6-13(12)17-2/h3-6,10H,7-9,11H2,1-2H3. The molecule has 1 aliphatic heterocycles. The fourth-order valence-corrected chi connectivity index (χ4v) is 2.38.